The first-order valence-electron chi connectivity index (χ1n) is 9.26. The van der Waals surface area contributed by atoms with Crippen LogP contribution in [0.15, 0.2) is 53.5 Å². The Morgan fingerprint density at radius 3 is 2.50 bits per heavy atom. The van der Waals surface area contributed by atoms with Crippen molar-refractivity contribution in [3.63, 3.8) is 0 Å². The Morgan fingerprint density at radius 2 is 1.79 bits per heavy atom. The standard InChI is InChI=1S/C21H21ClN4O2/c1-15-2-7-19-23-18(12-20(27)26(19)13-15)14-24-8-10-25(11-9-24)21(28)16-3-5-17(22)6-4-16/h2-7,12-13H,8-11,14H2,1H3. The number of hydrogen-bond donors (Lipinski definition) is 0. The molecule has 3 aromatic rings. The van der Waals surface area contributed by atoms with Crippen LogP contribution in [0.5, 0.6) is 0 Å². The summed E-state index contributed by atoms with van der Waals surface area (Å²) in [6.07, 6.45) is 1.80. The summed E-state index contributed by atoms with van der Waals surface area (Å²) in [5.41, 5.74) is 3.01. The van der Waals surface area contributed by atoms with Gasteiger partial charge in [0.25, 0.3) is 11.5 Å². The van der Waals surface area contributed by atoms with Crippen molar-refractivity contribution in [1.82, 2.24) is 19.2 Å². The van der Waals surface area contributed by atoms with E-state index in [0.717, 1.165) is 24.3 Å². The molecule has 1 fully saturated rings. The molecule has 3 heterocycles. The molecule has 7 heteroatoms. The molecule has 0 bridgehead atoms. The van der Waals surface area contributed by atoms with Gasteiger partial charge >= 0.3 is 0 Å². The van der Waals surface area contributed by atoms with Crippen LogP contribution in [0.4, 0.5) is 0 Å². The van der Waals surface area contributed by atoms with Gasteiger partial charge in [-0.3, -0.25) is 18.9 Å². The predicted octanol–water partition coefficient (Wildman–Crippen LogP) is 2.61. The molecule has 1 aliphatic rings. The first-order valence-corrected chi connectivity index (χ1v) is 9.63. The summed E-state index contributed by atoms with van der Waals surface area (Å²) < 4.78 is 1.57. The summed E-state index contributed by atoms with van der Waals surface area (Å²) in [7, 11) is 0. The van der Waals surface area contributed by atoms with Crippen LogP contribution in [-0.2, 0) is 6.54 Å². The minimum absolute atomic E-state index is 0.0220. The van der Waals surface area contributed by atoms with Crippen molar-refractivity contribution in [3.05, 3.63) is 80.9 Å². The second-order valence-corrected chi connectivity index (χ2v) is 7.53. The van der Waals surface area contributed by atoms with E-state index in [-0.39, 0.29) is 11.5 Å². The van der Waals surface area contributed by atoms with Crippen LogP contribution in [0, 0.1) is 6.92 Å². The molecule has 0 N–H and O–H groups in total. The van der Waals surface area contributed by atoms with Crippen molar-refractivity contribution in [3.8, 4) is 0 Å². The highest BCUT2D eigenvalue weighted by Gasteiger charge is 2.22. The van der Waals surface area contributed by atoms with Gasteiger partial charge in [0.2, 0.25) is 0 Å². The molecule has 144 valence electrons. The Kier molecular flexibility index (Phi) is 5.15. The lowest BCUT2D eigenvalue weighted by Crippen LogP contribution is -2.48. The summed E-state index contributed by atoms with van der Waals surface area (Å²) >= 11 is 5.89. The molecule has 0 radical (unpaired) electrons. The predicted molar refractivity (Wildman–Crippen MR) is 109 cm³/mol. The second-order valence-electron chi connectivity index (χ2n) is 7.10. The van der Waals surface area contributed by atoms with Crippen LogP contribution in [0.3, 0.4) is 0 Å². The topological polar surface area (TPSA) is 57.9 Å². The van der Waals surface area contributed by atoms with Gasteiger partial charge in [0.15, 0.2) is 0 Å². The quantitative estimate of drug-likeness (QED) is 0.683. The fourth-order valence-corrected chi connectivity index (χ4v) is 3.58. The number of carbonyl (C=O) groups excluding carboxylic acids is 1. The van der Waals surface area contributed by atoms with E-state index in [1.165, 1.54) is 0 Å². The van der Waals surface area contributed by atoms with E-state index < -0.39 is 0 Å². The van der Waals surface area contributed by atoms with Crippen molar-refractivity contribution in [2.75, 3.05) is 26.2 Å². The molecule has 0 spiro atoms. The SMILES string of the molecule is Cc1ccc2nc(CN3CCN(C(=O)c4ccc(Cl)cc4)CC3)cc(=O)n2c1. The third kappa shape index (κ3) is 3.93. The van der Waals surface area contributed by atoms with E-state index in [0.29, 0.717) is 35.9 Å². The van der Waals surface area contributed by atoms with Crippen LogP contribution in [-0.4, -0.2) is 51.3 Å². The molecular weight excluding hydrogens is 376 g/mol. The number of hydrogen-bond acceptors (Lipinski definition) is 4. The van der Waals surface area contributed by atoms with Gasteiger partial charge in [-0.2, -0.15) is 0 Å². The Bertz CT molecular complexity index is 1070. The van der Waals surface area contributed by atoms with Gasteiger partial charge in [0.1, 0.15) is 5.65 Å². The maximum absolute atomic E-state index is 12.6. The average molecular weight is 397 g/mol. The summed E-state index contributed by atoms with van der Waals surface area (Å²) in [4.78, 5) is 33.6. The first-order chi connectivity index (χ1) is 13.5. The fraction of sp³-hybridized carbons (Fsp3) is 0.286. The minimum atomic E-state index is -0.0692. The third-order valence-electron chi connectivity index (χ3n) is 5.00. The number of carbonyl (C=O) groups is 1. The molecule has 4 rings (SSSR count). The summed E-state index contributed by atoms with van der Waals surface area (Å²) in [6, 6.07) is 12.4. The number of piperazine rings is 1. The number of halogens is 1. The van der Waals surface area contributed by atoms with Crippen LogP contribution in [0.25, 0.3) is 5.65 Å². The molecule has 1 aliphatic heterocycles. The first kappa shape index (κ1) is 18.7. The van der Waals surface area contributed by atoms with Gasteiger partial charge in [-0.05, 0) is 42.8 Å². The van der Waals surface area contributed by atoms with E-state index in [1.54, 1.807) is 40.9 Å². The van der Waals surface area contributed by atoms with E-state index in [1.807, 2.05) is 24.0 Å². The average Bonchev–Trinajstić information content (AvgIpc) is 2.69. The summed E-state index contributed by atoms with van der Waals surface area (Å²) in [6.45, 7) is 5.33. The molecule has 0 atom stereocenters. The largest absolute Gasteiger partial charge is 0.336 e. The van der Waals surface area contributed by atoms with Gasteiger partial charge in [0.05, 0.1) is 5.69 Å². The molecule has 0 unspecified atom stereocenters. The highest BCUT2D eigenvalue weighted by Crippen LogP contribution is 2.14. The van der Waals surface area contributed by atoms with Gasteiger partial charge in [0, 0.05) is 55.6 Å². The zero-order valence-corrected chi connectivity index (χ0v) is 16.4. The van der Waals surface area contributed by atoms with Crippen LogP contribution >= 0.6 is 11.6 Å². The molecule has 1 aromatic carbocycles. The highest BCUT2D eigenvalue weighted by molar-refractivity contribution is 6.30. The number of fused-ring (bicyclic) bond motifs is 1. The van der Waals surface area contributed by atoms with Crippen molar-refractivity contribution in [2.24, 2.45) is 0 Å². The van der Waals surface area contributed by atoms with Crippen molar-refractivity contribution in [2.45, 2.75) is 13.5 Å². The monoisotopic (exact) mass is 396 g/mol. The maximum Gasteiger partial charge on any atom is 0.258 e. The summed E-state index contributed by atoms with van der Waals surface area (Å²) in [5.74, 6) is 0.0220. The van der Waals surface area contributed by atoms with E-state index in [9.17, 15) is 9.59 Å². The molecule has 1 saturated heterocycles. The molecular formula is C21H21ClN4O2. The van der Waals surface area contributed by atoms with E-state index in [2.05, 4.69) is 9.88 Å². The number of benzene rings is 1. The zero-order chi connectivity index (χ0) is 19.7. The lowest BCUT2D eigenvalue weighted by Gasteiger charge is -2.34. The van der Waals surface area contributed by atoms with Gasteiger partial charge in [-0.15, -0.1) is 0 Å². The van der Waals surface area contributed by atoms with Gasteiger partial charge in [-0.25, -0.2) is 4.98 Å². The van der Waals surface area contributed by atoms with Gasteiger partial charge < -0.3 is 4.90 Å². The molecule has 2 aromatic heterocycles. The Labute approximate surface area is 168 Å². The Hall–Kier alpha value is -2.70. The molecule has 0 aliphatic carbocycles. The van der Waals surface area contributed by atoms with E-state index >= 15 is 0 Å². The van der Waals surface area contributed by atoms with Gasteiger partial charge in [-0.1, -0.05) is 17.7 Å². The number of aromatic nitrogens is 2. The summed E-state index contributed by atoms with van der Waals surface area (Å²) in [5, 5.41) is 0.621. The maximum atomic E-state index is 12.6. The normalized spacial score (nSPS) is 15.1. The number of aryl methyl sites for hydroxylation is 1. The zero-order valence-electron chi connectivity index (χ0n) is 15.6. The molecule has 0 saturated carbocycles. The number of pyridine rings is 1. The Morgan fingerprint density at radius 1 is 1.07 bits per heavy atom. The van der Waals surface area contributed by atoms with Crippen LogP contribution in [0.2, 0.25) is 5.02 Å². The molecule has 6 nitrogen and oxygen atoms in total. The molecule has 28 heavy (non-hydrogen) atoms. The Balaban J connectivity index is 1.41. The fourth-order valence-electron chi connectivity index (χ4n) is 3.45. The van der Waals surface area contributed by atoms with Crippen LogP contribution in [0.1, 0.15) is 21.6 Å². The molecule has 1 amide bonds. The third-order valence-corrected chi connectivity index (χ3v) is 5.25. The van der Waals surface area contributed by atoms with Crippen molar-refractivity contribution < 1.29 is 4.79 Å². The van der Waals surface area contributed by atoms with Crippen molar-refractivity contribution >= 4 is 23.2 Å². The minimum Gasteiger partial charge on any atom is -0.336 e. The number of nitrogens with zero attached hydrogens (tertiary/aromatic N) is 4. The lowest BCUT2D eigenvalue weighted by atomic mass is 10.2. The number of amides is 1. The van der Waals surface area contributed by atoms with Crippen molar-refractivity contribution in [1.29, 1.82) is 0 Å². The lowest BCUT2D eigenvalue weighted by molar-refractivity contribution is 0.0627. The second kappa shape index (κ2) is 7.73. The van der Waals surface area contributed by atoms with Crippen LogP contribution < -0.4 is 5.56 Å². The highest BCUT2D eigenvalue weighted by atomic mass is 35.5. The van der Waals surface area contributed by atoms with E-state index in [4.69, 9.17) is 11.6 Å². The number of rotatable bonds is 3. The smallest absolute Gasteiger partial charge is 0.258 e.